The lowest BCUT2D eigenvalue weighted by molar-refractivity contribution is -0.136. The predicted octanol–water partition coefficient (Wildman–Crippen LogP) is 0.382. The maximum atomic E-state index is 10.6. The second kappa shape index (κ2) is 2.65. The third-order valence-corrected chi connectivity index (χ3v) is 2.11. The second-order valence-corrected chi connectivity index (χ2v) is 3.00. The summed E-state index contributed by atoms with van der Waals surface area (Å²) >= 11 is 0. The van der Waals surface area contributed by atoms with E-state index in [4.69, 9.17) is 15.6 Å². The SMILES string of the molecule is NC1=CC=CC2C=C(C(=O)O)OC12. The molecule has 0 aromatic heterocycles. The van der Waals surface area contributed by atoms with Crippen LogP contribution in [0.1, 0.15) is 0 Å². The average molecular weight is 179 g/mol. The van der Waals surface area contributed by atoms with Crippen LogP contribution < -0.4 is 5.73 Å². The number of carbonyl (C=O) groups is 1. The zero-order chi connectivity index (χ0) is 9.42. The van der Waals surface area contributed by atoms with E-state index in [0.717, 1.165) is 0 Å². The van der Waals surface area contributed by atoms with Crippen molar-refractivity contribution in [1.82, 2.24) is 0 Å². The van der Waals surface area contributed by atoms with Gasteiger partial charge in [-0.25, -0.2) is 4.79 Å². The number of ether oxygens (including phenoxy) is 1. The van der Waals surface area contributed by atoms with Gasteiger partial charge in [0.1, 0.15) is 6.10 Å². The monoisotopic (exact) mass is 179 g/mol. The normalized spacial score (nSPS) is 30.2. The van der Waals surface area contributed by atoms with E-state index in [0.29, 0.717) is 5.70 Å². The number of allylic oxidation sites excluding steroid dienone is 2. The Kier molecular flexibility index (Phi) is 1.62. The molecule has 0 radical (unpaired) electrons. The summed E-state index contributed by atoms with van der Waals surface area (Å²) in [6, 6.07) is 0. The summed E-state index contributed by atoms with van der Waals surface area (Å²) in [6.45, 7) is 0. The Balaban J connectivity index is 2.25. The Hall–Kier alpha value is -1.71. The van der Waals surface area contributed by atoms with E-state index in [1.54, 1.807) is 18.2 Å². The third-order valence-electron chi connectivity index (χ3n) is 2.11. The van der Waals surface area contributed by atoms with Crippen LogP contribution in [-0.2, 0) is 9.53 Å². The number of fused-ring (bicyclic) bond motifs is 1. The van der Waals surface area contributed by atoms with Crippen LogP contribution in [0.4, 0.5) is 0 Å². The molecule has 2 atom stereocenters. The summed E-state index contributed by atoms with van der Waals surface area (Å²) in [5.74, 6) is -1.09. The molecule has 0 fully saturated rings. The molecule has 0 bridgehead atoms. The highest BCUT2D eigenvalue weighted by atomic mass is 16.5. The fraction of sp³-hybridized carbons (Fsp3) is 0.222. The minimum atomic E-state index is -1.05. The molecule has 4 nitrogen and oxygen atoms in total. The number of hydrogen-bond acceptors (Lipinski definition) is 3. The standard InChI is InChI=1S/C9H9NO3/c10-6-3-1-2-5-4-7(9(11)12)13-8(5)6/h1-5,8H,10H2,(H,11,12). The zero-order valence-electron chi connectivity index (χ0n) is 6.81. The van der Waals surface area contributed by atoms with Crippen molar-refractivity contribution in [3.63, 3.8) is 0 Å². The van der Waals surface area contributed by atoms with E-state index in [9.17, 15) is 4.79 Å². The number of aliphatic carboxylic acids is 1. The third kappa shape index (κ3) is 1.20. The highest BCUT2D eigenvalue weighted by Gasteiger charge is 2.33. The molecule has 0 aromatic rings. The Morgan fingerprint density at radius 2 is 2.38 bits per heavy atom. The summed E-state index contributed by atoms with van der Waals surface area (Å²) in [6.07, 6.45) is 6.65. The summed E-state index contributed by atoms with van der Waals surface area (Å²) in [4.78, 5) is 10.6. The van der Waals surface area contributed by atoms with Crippen molar-refractivity contribution in [1.29, 1.82) is 0 Å². The molecule has 1 heterocycles. The highest BCUT2D eigenvalue weighted by molar-refractivity contribution is 5.85. The second-order valence-electron chi connectivity index (χ2n) is 3.00. The number of rotatable bonds is 1. The maximum Gasteiger partial charge on any atom is 0.370 e. The minimum absolute atomic E-state index is 0.0158. The Labute approximate surface area is 75.0 Å². The van der Waals surface area contributed by atoms with Crippen LogP contribution in [0.2, 0.25) is 0 Å². The molecule has 1 aliphatic heterocycles. The van der Waals surface area contributed by atoms with Gasteiger partial charge in [-0.1, -0.05) is 12.2 Å². The van der Waals surface area contributed by atoms with E-state index in [1.807, 2.05) is 6.08 Å². The van der Waals surface area contributed by atoms with Crippen molar-refractivity contribution in [2.45, 2.75) is 6.10 Å². The van der Waals surface area contributed by atoms with Crippen LogP contribution in [0.15, 0.2) is 35.8 Å². The van der Waals surface area contributed by atoms with Crippen LogP contribution >= 0.6 is 0 Å². The predicted molar refractivity (Wildman–Crippen MR) is 45.5 cm³/mol. The Morgan fingerprint density at radius 3 is 3.00 bits per heavy atom. The number of carboxylic acid groups (broad SMARTS) is 1. The molecule has 68 valence electrons. The van der Waals surface area contributed by atoms with Gasteiger partial charge in [0.15, 0.2) is 0 Å². The molecule has 2 unspecified atom stereocenters. The van der Waals surface area contributed by atoms with Crippen LogP contribution in [-0.4, -0.2) is 17.2 Å². The van der Waals surface area contributed by atoms with Gasteiger partial charge in [0.2, 0.25) is 5.76 Å². The lowest BCUT2D eigenvalue weighted by atomic mass is 9.96. The molecular weight excluding hydrogens is 170 g/mol. The van der Waals surface area contributed by atoms with E-state index < -0.39 is 5.97 Å². The van der Waals surface area contributed by atoms with Crippen molar-refractivity contribution in [3.05, 3.63) is 35.8 Å². The molecule has 0 saturated carbocycles. The van der Waals surface area contributed by atoms with Gasteiger partial charge in [-0.2, -0.15) is 0 Å². The first-order valence-corrected chi connectivity index (χ1v) is 3.94. The first kappa shape index (κ1) is 7.91. The van der Waals surface area contributed by atoms with Gasteiger partial charge in [-0.05, 0) is 12.2 Å². The maximum absolute atomic E-state index is 10.6. The van der Waals surface area contributed by atoms with E-state index in [2.05, 4.69) is 0 Å². The molecule has 0 aromatic carbocycles. The molecule has 4 heteroatoms. The van der Waals surface area contributed by atoms with E-state index in [1.165, 1.54) is 0 Å². The van der Waals surface area contributed by atoms with Crippen molar-refractivity contribution < 1.29 is 14.6 Å². The molecule has 2 aliphatic rings. The average Bonchev–Trinajstić information content (AvgIpc) is 2.49. The number of carboxylic acids is 1. The highest BCUT2D eigenvalue weighted by Crippen LogP contribution is 2.30. The van der Waals surface area contributed by atoms with Gasteiger partial charge in [0.05, 0.1) is 5.70 Å². The van der Waals surface area contributed by atoms with Gasteiger partial charge in [0.25, 0.3) is 0 Å². The van der Waals surface area contributed by atoms with Crippen LogP contribution in [0, 0.1) is 5.92 Å². The smallest absolute Gasteiger partial charge is 0.370 e. The van der Waals surface area contributed by atoms with Gasteiger partial charge < -0.3 is 15.6 Å². The summed E-state index contributed by atoms with van der Waals surface area (Å²) < 4.78 is 5.16. The topological polar surface area (TPSA) is 72.6 Å². The molecule has 1 aliphatic carbocycles. The van der Waals surface area contributed by atoms with Gasteiger partial charge in [0, 0.05) is 5.92 Å². The van der Waals surface area contributed by atoms with Gasteiger partial charge >= 0.3 is 5.97 Å². The molecule has 13 heavy (non-hydrogen) atoms. The van der Waals surface area contributed by atoms with Crippen LogP contribution in [0.5, 0.6) is 0 Å². The van der Waals surface area contributed by atoms with E-state index >= 15 is 0 Å². The molecule has 2 rings (SSSR count). The quantitative estimate of drug-likeness (QED) is 0.610. The molecule has 0 amide bonds. The number of nitrogens with two attached hydrogens (primary N) is 1. The van der Waals surface area contributed by atoms with Crippen molar-refractivity contribution in [3.8, 4) is 0 Å². The fourth-order valence-electron chi connectivity index (χ4n) is 1.48. The van der Waals surface area contributed by atoms with Gasteiger partial charge in [-0.15, -0.1) is 0 Å². The van der Waals surface area contributed by atoms with E-state index in [-0.39, 0.29) is 17.8 Å². The molecule has 0 saturated heterocycles. The summed E-state index contributed by atoms with van der Waals surface area (Å²) in [5, 5.41) is 8.67. The molecular formula is C9H9NO3. The minimum Gasteiger partial charge on any atom is -0.476 e. The fourth-order valence-corrected chi connectivity index (χ4v) is 1.48. The Morgan fingerprint density at radius 1 is 1.62 bits per heavy atom. The summed E-state index contributed by atoms with van der Waals surface area (Å²) in [5.41, 5.74) is 6.21. The van der Waals surface area contributed by atoms with Crippen LogP contribution in [0.3, 0.4) is 0 Å². The van der Waals surface area contributed by atoms with Crippen molar-refractivity contribution in [2.75, 3.05) is 0 Å². The molecule has 0 spiro atoms. The first-order chi connectivity index (χ1) is 6.18. The largest absolute Gasteiger partial charge is 0.476 e. The summed E-state index contributed by atoms with van der Waals surface area (Å²) in [7, 11) is 0. The molecule has 3 N–H and O–H groups in total. The van der Waals surface area contributed by atoms with Crippen LogP contribution in [0.25, 0.3) is 0 Å². The van der Waals surface area contributed by atoms with Crippen molar-refractivity contribution in [2.24, 2.45) is 11.7 Å². The lowest BCUT2D eigenvalue weighted by Gasteiger charge is -2.19. The van der Waals surface area contributed by atoms with Gasteiger partial charge in [-0.3, -0.25) is 0 Å². The Bertz CT molecular complexity index is 341. The van der Waals surface area contributed by atoms with Crippen molar-refractivity contribution >= 4 is 5.97 Å². The first-order valence-electron chi connectivity index (χ1n) is 3.94. The lowest BCUT2D eigenvalue weighted by Crippen LogP contribution is -2.25. The number of hydrogen-bond donors (Lipinski definition) is 2. The zero-order valence-corrected chi connectivity index (χ0v) is 6.81.